The number of aryl methyl sites for hydroxylation is 1. The molecule has 8 heteroatoms. The van der Waals surface area contributed by atoms with Gasteiger partial charge < -0.3 is 4.84 Å². The van der Waals surface area contributed by atoms with Crippen LogP contribution in [0, 0.1) is 0 Å². The molecule has 0 saturated heterocycles. The molecule has 1 N–H and O–H groups in total. The number of rotatable bonds is 2. The number of H-pyrrole nitrogens is 1. The molecule has 0 fully saturated rings. The van der Waals surface area contributed by atoms with Crippen LogP contribution >= 0.6 is 0 Å². The summed E-state index contributed by atoms with van der Waals surface area (Å²) < 4.78 is 0. The summed E-state index contributed by atoms with van der Waals surface area (Å²) >= 11 is 0. The van der Waals surface area contributed by atoms with E-state index in [2.05, 4.69) is 15.4 Å². The van der Waals surface area contributed by atoms with Gasteiger partial charge in [-0.05, 0) is 31.4 Å². The molecule has 1 aliphatic heterocycles. The topological polar surface area (TPSA) is 105 Å². The first-order valence-electron chi connectivity index (χ1n) is 7.26. The smallest absolute Gasteiger partial charge is 0.329 e. The summed E-state index contributed by atoms with van der Waals surface area (Å²) in [5.74, 6) is -2.55. The number of benzene rings is 1. The lowest BCUT2D eigenvalue weighted by atomic mass is 9.90. The van der Waals surface area contributed by atoms with Gasteiger partial charge in [0.2, 0.25) is 0 Å². The van der Waals surface area contributed by atoms with Gasteiger partial charge >= 0.3 is 5.97 Å². The number of carbonyl (C=O) groups excluding carboxylic acids is 3. The molecule has 2 aromatic rings. The Labute approximate surface area is 130 Å². The second kappa shape index (κ2) is 5.01. The number of nitrogens with one attached hydrogen (secondary N) is 1. The number of hydrogen-bond donors (Lipinski definition) is 1. The van der Waals surface area contributed by atoms with Crippen LogP contribution in [0.25, 0.3) is 0 Å². The molecule has 2 aliphatic rings. The zero-order valence-corrected chi connectivity index (χ0v) is 12.0. The third-order valence-corrected chi connectivity index (χ3v) is 4.11. The molecule has 0 radical (unpaired) electrons. The van der Waals surface area contributed by atoms with Gasteiger partial charge in [0.25, 0.3) is 11.8 Å². The maximum Gasteiger partial charge on any atom is 0.342 e. The van der Waals surface area contributed by atoms with Gasteiger partial charge in [-0.3, -0.25) is 9.59 Å². The van der Waals surface area contributed by atoms with Gasteiger partial charge in [0.1, 0.15) is 5.92 Å². The van der Waals surface area contributed by atoms with Crippen molar-refractivity contribution in [3.8, 4) is 0 Å². The Bertz CT molecular complexity index is 793. The Morgan fingerprint density at radius 2 is 1.87 bits per heavy atom. The van der Waals surface area contributed by atoms with Crippen LogP contribution < -0.4 is 0 Å². The number of aromatic nitrogens is 3. The van der Waals surface area contributed by atoms with Crippen molar-refractivity contribution in [2.45, 2.75) is 25.2 Å². The molecule has 8 nitrogen and oxygen atoms in total. The molecule has 116 valence electrons. The highest BCUT2D eigenvalue weighted by Gasteiger charge is 2.41. The van der Waals surface area contributed by atoms with Crippen molar-refractivity contribution in [1.29, 1.82) is 0 Å². The van der Waals surface area contributed by atoms with Gasteiger partial charge in [0.05, 0.1) is 22.5 Å². The number of nitrogens with zero attached hydrogens (tertiary/aromatic N) is 3. The summed E-state index contributed by atoms with van der Waals surface area (Å²) in [4.78, 5) is 41.9. The maximum atomic E-state index is 12.4. The van der Waals surface area contributed by atoms with E-state index < -0.39 is 23.7 Å². The van der Waals surface area contributed by atoms with Crippen LogP contribution in [0.2, 0.25) is 0 Å². The van der Waals surface area contributed by atoms with Crippen molar-refractivity contribution in [1.82, 2.24) is 20.5 Å². The molecule has 0 saturated carbocycles. The van der Waals surface area contributed by atoms with Gasteiger partial charge in [-0.25, -0.2) is 4.79 Å². The largest absolute Gasteiger partial charge is 0.342 e. The number of carbonyl (C=O) groups is 3. The zero-order chi connectivity index (χ0) is 16.0. The van der Waals surface area contributed by atoms with Crippen molar-refractivity contribution in [3.63, 3.8) is 0 Å². The van der Waals surface area contributed by atoms with Crippen LogP contribution in [0.4, 0.5) is 0 Å². The molecule has 4 rings (SSSR count). The Morgan fingerprint density at radius 3 is 2.57 bits per heavy atom. The predicted octanol–water partition coefficient (Wildman–Crippen LogP) is 0.979. The van der Waals surface area contributed by atoms with E-state index in [9.17, 15) is 14.4 Å². The molecule has 0 bridgehead atoms. The fraction of sp³-hybridized carbons (Fsp3) is 0.267. The van der Waals surface area contributed by atoms with E-state index >= 15 is 0 Å². The lowest BCUT2D eigenvalue weighted by Gasteiger charge is -2.20. The van der Waals surface area contributed by atoms with Gasteiger partial charge in [-0.15, -0.1) is 0 Å². The van der Waals surface area contributed by atoms with Crippen molar-refractivity contribution in [2.24, 2.45) is 0 Å². The second-order valence-corrected chi connectivity index (χ2v) is 5.46. The summed E-state index contributed by atoms with van der Waals surface area (Å²) in [5.41, 5.74) is 1.71. The SMILES string of the molecule is O=C(ON1C(=O)c2ccccc2C1=O)C1CCCc2n[nH]nc21. The number of hydrogen-bond acceptors (Lipinski definition) is 6. The fourth-order valence-electron chi connectivity index (χ4n) is 2.97. The van der Waals surface area contributed by atoms with Gasteiger partial charge in [0.15, 0.2) is 0 Å². The first kappa shape index (κ1) is 13.6. The van der Waals surface area contributed by atoms with Crippen molar-refractivity contribution in [2.75, 3.05) is 0 Å². The van der Waals surface area contributed by atoms with E-state index in [0.29, 0.717) is 17.2 Å². The highest BCUT2D eigenvalue weighted by molar-refractivity contribution is 6.20. The first-order valence-corrected chi connectivity index (χ1v) is 7.26. The normalized spacial score (nSPS) is 19.5. The number of hydroxylamine groups is 2. The first-order chi connectivity index (χ1) is 11.2. The molecular formula is C15H12N4O4. The average molecular weight is 312 g/mol. The van der Waals surface area contributed by atoms with E-state index in [1.807, 2.05) is 0 Å². The lowest BCUT2D eigenvalue weighted by molar-refractivity contribution is -0.171. The lowest BCUT2D eigenvalue weighted by Crippen LogP contribution is -2.35. The van der Waals surface area contributed by atoms with Crippen molar-refractivity contribution < 1.29 is 19.2 Å². The van der Waals surface area contributed by atoms with Crippen molar-refractivity contribution >= 4 is 17.8 Å². The van der Waals surface area contributed by atoms with Crippen LogP contribution in [0.5, 0.6) is 0 Å². The summed E-state index contributed by atoms with van der Waals surface area (Å²) in [6.45, 7) is 0. The quantitative estimate of drug-likeness (QED) is 0.829. The Balaban J connectivity index is 1.57. The number of imide groups is 1. The average Bonchev–Trinajstić information content (AvgIpc) is 3.14. The van der Waals surface area contributed by atoms with Crippen LogP contribution in [0.15, 0.2) is 24.3 Å². The molecule has 1 unspecified atom stereocenters. The number of aromatic amines is 1. The van der Waals surface area contributed by atoms with Gasteiger partial charge in [0, 0.05) is 0 Å². The minimum Gasteiger partial charge on any atom is -0.329 e. The molecule has 1 aromatic carbocycles. The van der Waals surface area contributed by atoms with E-state index in [0.717, 1.165) is 18.5 Å². The van der Waals surface area contributed by atoms with E-state index in [1.165, 1.54) is 12.1 Å². The van der Waals surface area contributed by atoms with E-state index in [4.69, 9.17) is 4.84 Å². The zero-order valence-electron chi connectivity index (χ0n) is 12.0. The number of amides is 2. The molecule has 1 atom stereocenters. The molecule has 2 heterocycles. The standard InChI is InChI=1S/C15H12N4O4/c20-13-8-4-1-2-5-9(8)14(21)19(13)23-15(22)10-6-3-7-11-12(10)17-18-16-11/h1-2,4-5,10H,3,6-7H2,(H,16,17,18). The highest BCUT2D eigenvalue weighted by atomic mass is 16.7. The Hall–Kier alpha value is -3.03. The summed E-state index contributed by atoms with van der Waals surface area (Å²) in [6, 6.07) is 6.36. The van der Waals surface area contributed by atoms with Crippen LogP contribution in [-0.2, 0) is 16.1 Å². The van der Waals surface area contributed by atoms with Crippen LogP contribution in [0.1, 0.15) is 50.9 Å². The molecule has 0 spiro atoms. The molecule has 1 aromatic heterocycles. The minimum atomic E-state index is -0.672. The third-order valence-electron chi connectivity index (χ3n) is 4.11. The highest BCUT2D eigenvalue weighted by Crippen LogP contribution is 2.31. The third kappa shape index (κ3) is 2.02. The maximum absolute atomic E-state index is 12.4. The number of fused-ring (bicyclic) bond motifs is 2. The van der Waals surface area contributed by atoms with Gasteiger partial charge in [-0.2, -0.15) is 15.4 Å². The summed E-state index contributed by atoms with van der Waals surface area (Å²) in [7, 11) is 0. The molecule has 1 aliphatic carbocycles. The van der Waals surface area contributed by atoms with Gasteiger partial charge in [-0.1, -0.05) is 17.2 Å². The van der Waals surface area contributed by atoms with Crippen LogP contribution in [0.3, 0.4) is 0 Å². The van der Waals surface area contributed by atoms with E-state index in [1.54, 1.807) is 12.1 Å². The summed E-state index contributed by atoms with van der Waals surface area (Å²) in [5, 5.41) is 11.0. The van der Waals surface area contributed by atoms with E-state index in [-0.39, 0.29) is 11.1 Å². The van der Waals surface area contributed by atoms with Crippen molar-refractivity contribution in [3.05, 3.63) is 46.8 Å². The fourth-order valence-corrected chi connectivity index (χ4v) is 2.97. The summed E-state index contributed by atoms with van der Waals surface area (Å²) in [6.07, 6.45) is 2.05. The predicted molar refractivity (Wildman–Crippen MR) is 75.1 cm³/mol. The Kier molecular flexibility index (Phi) is 2.97. The molecule has 23 heavy (non-hydrogen) atoms. The van der Waals surface area contributed by atoms with Crippen LogP contribution in [-0.4, -0.2) is 38.3 Å². The minimum absolute atomic E-state index is 0.232. The molecule has 2 amide bonds. The second-order valence-electron chi connectivity index (χ2n) is 5.46. The molecular weight excluding hydrogens is 300 g/mol. The Morgan fingerprint density at radius 1 is 1.17 bits per heavy atom. The monoisotopic (exact) mass is 312 g/mol.